The van der Waals surface area contributed by atoms with Crippen LogP contribution in [0.25, 0.3) is 5.65 Å². The third-order valence-corrected chi connectivity index (χ3v) is 2.14. The number of aromatic nitrogens is 4. The third-order valence-electron chi connectivity index (χ3n) is 2.14. The fourth-order valence-electron chi connectivity index (χ4n) is 1.44. The fourth-order valence-corrected chi connectivity index (χ4v) is 1.44. The Bertz CT molecular complexity index is 470. The van der Waals surface area contributed by atoms with Gasteiger partial charge in [0.1, 0.15) is 0 Å². The average molecular weight is 190 g/mol. The largest absolute Gasteiger partial charge is 0.253 e. The van der Waals surface area contributed by atoms with Crippen LogP contribution in [0.5, 0.6) is 0 Å². The third kappa shape index (κ3) is 1.36. The molecule has 0 spiro atoms. The Labute approximate surface area is 83.0 Å². The number of hydrogen-bond acceptors (Lipinski definition) is 3. The van der Waals surface area contributed by atoms with E-state index in [-0.39, 0.29) is 0 Å². The molecule has 0 saturated carbocycles. The van der Waals surface area contributed by atoms with E-state index in [0.717, 1.165) is 22.9 Å². The standard InChI is InChI=1S/C10H14N4/c1-6(2)9-12-10-8(4)11-7(3)5-14(10)13-9/h5-6H,1-4H3. The molecule has 2 heterocycles. The Morgan fingerprint density at radius 2 is 1.93 bits per heavy atom. The van der Waals surface area contributed by atoms with Gasteiger partial charge in [0.25, 0.3) is 0 Å². The summed E-state index contributed by atoms with van der Waals surface area (Å²) in [6.45, 7) is 8.10. The van der Waals surface area contributed by atoms with Crippen LogP contribution in [0.2, 0.25) is 0 Å². The van der Waals surface area contributed by atoms with Crippen molar-refractivity contribution in [2.45, 2.75) is 33.6 Å². The summed E-state index contributed by atoms with van der Waals surface area (Å²) < 4.78 is 1.81. The molecule has 0 amide bonds. The Balaban J connectivity index is 2.70. The van der Waals surface area contributed by atoms with E-state index in [4.69, 9.17) is 0 Å². The van der Waals surface area contributed by atoms with Gasteiger partial charge in [0.15, 0.2) is 11.5 Å². The zero-order valence-electron chi connectivity index (χ0n) is 8.94. The van der Waals surface area contributed by atoms with Crippen LogP contribution in [0.15, 0.2) is 6.20 Å². The maximum absolute atomic E-state index is 4.44. The Hall–Kier alpha value is -1.45. The van der Waals surface area contributed by atoms with E-state index in [2.05, 4.69) is 28.9 Å². The van der Waals surface area contributed by atoms with Crippen molar-refractivity contribution in [1.29, 1.82) is 0 Å². The molecule has 0 fully saturated rings. The monoisotopic (exact) mass is 190 g/mol. The molecule has 14 heavy (non-hydrogen) atoms. The molecule has 0 aliphatic carbocycles. The van der Waals surface area contributed by atoms with E-state index in [1.165, 1.54) is 0 Å². The molecule has 0 saturated heterocycles. The van der Waals surface area contributed by atoms with Crippen LogP contribution >= 0.6 is 0 Å². The van der Waals surface area contributed by atoms with E-state index >= 15 is 0 Å². The fraction of sp³-hybridized carbons (Fsp3) is 0.500. The Morgan fingerprint density at radius 1 is 1.21 bits per heavy atom. The molecule has 4 nitrogen and oxygen atoms in total. The molecule has 0 aliphatic rings. The van der Waals surface area contributed by atoms with Crippen LogP contribution in [-0.4, -0.2) is 19.6 Å². The highest BCUT2D eigenvalue weighted by molar-refractivity contribution is 5.42. The van der Waals surface area contributed by atoms with Gasteiger partial charge in [-0.05, 0) is 13.8 Å². The van der Waals surface area contributed by atoms with Crippen LogP contribution in [0.1, 0.15) is 37.0 Å². The van der Waals surface area contributed by atoms with E-state index in [9.17, 15) is 0 Å². The second-order valence-electron chi connectivity index (χ2n) is 3.86. The predicted molar refractivity (Wildman–Crippen MR) is 54.3 cm³/mol. The molecule has 0 N–H and O–H groups in total. The van der Waals surface area contributed by atoms with Crippen molar-refractivity contribution >= 4 is 5.65 Å². The second kappa shape index (κ2) is 3.04. The molecule has 0 atom stereocenters. The van der Waals surface area contributed by atoms with Crippen LogP contribution in [0.4, 0.5) is 0 Å². The van der Waals surface area contributed by atoms with E-state index in [0.29, 0.717) is 5.92 Å². The maximum atomic E-state index is 4.44. The zero-order chi connectivity index (χ0) is 10.3. The summed E-state index contributed by atoms with van der Waals surface area (Å²) in [4.78, 5) is 8.79. The Morgan fingerprint density at radius 3 is 2.57 bits per heavy atom. The minimum Gasteiger partial charge on any atom is -0.253 e. The van der Waals surface area contributed by atoms with Crippen LogP contribution in [0, 0.1) is 13.8 Å². The summed E-state index contributed by atoms with van der Waals surface area (Å²) in [6, 6.07) is 0. The maximum Gasteiger partial charge on any atom is 0.176 e. The Kier molecular flexibility index (Phi) is 1.98. The first-order valence-corrected chi connectivity index (χ1v) is 4.78. The van der Waals surface area contributed by atoms with Crippen molar-refractivity contribution in [2.24, 2.45) is 0 Å². The number of nitrogens with zero attached hydrogens (tertiary/aromatic N) is 4. The summed E-state index contributed by atoms with van der Waals surface area (Å²) in [5, 5.41) is 4.40. The van der Waals surface area contributed by atoms with E-state index in [1.54, 1.807) is 0 Å². The number of rotatable bonds is 1. The average Bonchev–Trinajstić information content (AvgIpc) is 2.47. The molecule has 0 aromatic carbocycles. The molecule has 74 valence electrons. The molecular formula is C10H14N4. The molecule has 2 aromatic rings. The molecule has 0 radical (unpaired) electrons. The lowest BCUT2D eigenvalue weighted by atomic mass is 10.2. The predicted octanol–water partition coefficient (Wildman–Crippen LogP) is 1.86. The van der Waals surface area contributed by atoms with Gasteiger partial charge in [-0.3, -0.25) is 4.98 Å². The van der Waals surface area contributed by atoms with Crippen molar-refractivity contribution in [3.63, 3.8) is 0 Å². The zero-order valence-corrected chi connectivity index (χ0v) is 8.94. The summed E-state index contributed by atoms with van der Waals surface area (Å²) in [5.41, 5.74) is 2.76. The normalized spacial score (nSPS) is 11.5. The van der Waals surface area contributed by atoms with E-state index < -0.39 is 0 Å². The van der Waals surface area contributed by atoms with Crippen molar-refractivity contribution in [3.8, 4) is 0 Å². The molecular weight excluding hydrogens is 176 g/mol. The molecule has 4 heteroatoms. The lowest BCUT2D eigenvalue weighted by Gasteiger charge is -1.96. The number of aryl methyl sites for hydroxylation is 2. The molecule has 0 aliphatic heterocycles. The minimum absolute atomic E-state index is 0.356. The SMILES string of the molecule is Cc1cn2nc(C(C)C)nc2c(C)n1. The van der Waals surface area contributed by atoms with Crippen LogP contribution in [0.3, 0.4) is 0 Å². The molecule has 2 rings (SSSR count). The van der Waals surface area contributed by atoms with Gasteiger partial charge in [-0.25, -0.2) is 9.50 Å². The summed E-state index contributed by atoms with van der Waals surface area (Å²) in [6.07, 6.45) is 1.90. The van der Waals surface area contributed by atoms with Crippen molar-refractivity contribution in [3.05, 3.63) is 23.4 Å². The van der Waals surface area contributed by atoms with Crippen molar-refractivity contribution in [2.75, 3.05) is 0 Å². The summed E-state index contributed by atoms with van der Waals surface area (Å²) in [5.74, 6) is 1.23. The van der Waals surface area contributed by atoms with E-state index in [1.807, 2.05) is 24.6 Å². The lowest BCUT2D eigenvalue weighted by Crippen LogP contribution is -1.95. The number of hydrogen-bond donors (Lipinski definition) is 0. The first-order chi connectivity index (χ1) is 6.58. The second-order valence-corrected chi connectivity index (χ2v) is 3.86. The highest BCUT2D eigenvalue weighted by atomic mass is 15.3. The van der Waals surface area contributed by atoms with Crippen LogP contribution in [-0.2, 0) is 0 Å². The van der Waals surface area contributed by atoms with Gasteiger partial charge in [0.05, 0.1) is 17.6 Å². The topological polar surface area (TPSA) is 43.1 Å². The smallest absolute Gasteiger partial charge is 0.176 e. The summed E-state index contributed by atoms with van der Waals surface area (Å²) >= 11 is 0. The quantitative estimate of drug-likeness (QED) is 0.689. The lowest BCUT2D eigenvalue weighted by molar-refractivity contribution is 0.763. The molecule has 0 unspecified atom stereocenters. The van der Waals surface area contributed by atoms with Gasteiger partial charge in [0.2, 0.25) is 0 Å². The van der Waals surface area contributed by atoms with Gasteiger partial charge in [-0.2, -0.15) is 5.10 Å². The van der Waals surface area contributed by atoms with Gasteiger partial charge >= 0.3 is 0 Å². The molecule has 0 bridgehead atoms. The van der Waals surface area contributed by atoms with Crippen molar-refractivity contribution in [1.82, 2.24) is 19.6 Å². The first kappa shape index (κ1) is 9.12. The highest BCUT2D eigenvalue weighted by Crippen LogP contribution is 2.12. The van der Waals surface area contributed by atoms with Gasteiger partial charge < -0.3 is 0 Å². The highest BCUT2D eigenvalue weighted by Gasteiger charge is 2.09. The van der Waals surface area contributed by atoms with Gasteiger partial charge in [0, 0.05) is 5.92 Å². The summed E-state index contributed by atoms with van der Waals surface area (Å²) in [7, 11) is 0. The van der Waals surface area contributed by atoms with Gasteiger partial charge in [-0.1, -0.05) is 13.8 Å². The molecule has 2 aromatic heterocycles. The van der Waals surface area contributed by atoms with Crippen LogP contribution < -0.4 is 0 Å². The minimum atomic E-state index is 0.356. The number of fused-ring (bicyclic) bond motifs is 1. The first-order valence-electron chi connectivity index (χ1n) is 4.78. The van der Waals surface area contributed by atoms with Crippen molar-refractivity contribution < 1.29 is 0 Å². The van der Waals surface area contributed by atoms with Gasteiger partial charge in [-0.15, -0.1) is 0 Å².